The van der Waals surface area contributed by atoms with E-state index in [0.717, 1.165) is 48.5 Å². The van der Waals surface area contributed by atoms with Crippen LogP contribution < -0.4 is 0 Å². The van der Waals surface area contributed by atoms with E-state index < -0.39 is 0 Å². The highest BCUT2D eigenvalue weighted by Crippen LogP contribution is 2.62. The van der Waals surface area contributed by atoms with E-state index in [2.05, 4.69) is 6.92 Å². The van der Waals surface area contributed by atoms with Crippen molar-refractivity contribution in [3.63, 3.8) is 0 Å². The SMILES string of the molecule is C.COCC1CCC2C(CCC3C2CCC2(C)C(O)CCC32)C1. The first-order chi connectivity index (χ1) is 10.6. The molecule has 4 rings (SSSR count). The summed E-state index contributed by atoms with van der Waals surface area (Å²) in [5.74, 6) is 5.52. The second kappa shape index (κ2) is 6.67. The summed E-state index contributed by atoms with van der Waals surface area (Å²) in [7, 11) is 1.86. The van der Waals surface area contributed by atoms with Gasteiger partial charge in [0.05, 0.1) is 6.10 Å². The third-order valence-corrected chi connectivity index (χ3v) is 8.42. The number of rotatable bonds is 2. The molecule has 0 spiro atoms. The van der Waals surface area contributed by atoms with E-state index in [0.29, 0.717) is 0 Å². The van der Waals surface area contributed by atoms with E-state index in [1.165, 1.54) is 51.4 Å². The van der Waals surface area contributed by atoms with Crippen molar-refractivity contribution in [1.29, 1.82) is 0 Å². The molecule has 0 aromatic carbocycles. The second-order valence-corrected chi connectivity index (χ2v) is 9.21. The van der Waals surface area contributed by atoms with E-state index in [4.69, 9.17) is 4.74 Å². The van der Waals surface area contributed by atoms with Gasteiger partial charge >= 0.3 is 0 Å². The molecular formula is C21H38O2. The van der Waals surface area contributed by atoms with Crippen LogP contribution in [0.5, 0.6) is 0 Å². The zero-order valence-electron chi connectivity index (χ0n) is 14.5. The molecule has 134 valence electrons. The number of hydrogen-bond acceptors (Lipinski definition) is 2. The minimum atomic E-state index is -0.0198. The third kappa shape index (κ3) is 2.78. The van der Waals surface area contributed by atoms with Crippen molar-refractivity contribution in [1.82, 2.24) is 0 Å². The normalized spacial score (nSPS) is 52.0. The van der Waals surface area contributed by atoms with Crippen molar-refractivity contribution < 1.29 is 9.84 Å². The topological polar surface area (TPSA) is 29.5 Å². The highest BCUT2D eigenvalue weighted by molar-refractivity contribution is 5.06. The van der Waals surface area contributed by atoms with Crippen LogP contribution in [0, 0.1) is 40.9 Å². The van der Waals surface area contributed by atoms with Crippen LogP contribution >= 0.6 is 0 Å². The van der Waals surface area contributed by atoms with Gasteiger partial charge in [-0.15, -0.1) is 0 Å². The number of fused-ring (bicyclic) bond motifs is 5. The lowest BCUT2D eigenvalue weighted by Gasteiger charge is -2.55. The fourth-order valence-corrected chi connectivity index (χ4v) is 7.31. The van der Waals surface area contributed by atoms with E-state index in [1.807, 2.05) is 7.11 Å². The monoisotopic (exact) mass is 322 g/mol. The Kier molecular flexibility index (Phi) is 5.14. The van der Waals surface area contributed by atoms with E-state index in [-0.39, 0.29) is 18.9 Å². The van der Waals surface area contributed by atoms with Gasteiger partial charge < -0.3 is 9.84 Å². The number of aliphatic hydroxyl groups excluding tert-OH is 1. The molecule has 8 unspecified atom stereocenters. The summed E-state index contributed by atoms with van der Waals surface area (Å²) in [4.78, 5) is 0. The Labute approximate surface area is 143 Å². The third-order valence-electron chi connectivity index (χ3n) is 8.42. The molecule has 2 heteroatoms. The molecule has 4 aliphatic carbocycles. The standard InChI is InChI=1S/C20H34O2.CH4/c1-20-10-9-16-15-5-3-13(12-22-2)11-14(15)4-6-17(16)18(20)7-8-19(20)21;/h13-19,21H,3-12H2,1-2H3;1H4. The first-order valence-electron chi connectivity index (χ1n) is 9.80. The van der Waals surface area contributed by atoms with Gasteiger partial charge in [0.1, 0.15) is 0 Å². The maximum absolute atomic E-state index is 10.5. The number of aliphatic hydroxyl groups is 1. The molecule has 23 heavy (non-hydrogen) atoms. The lowest BCUT2D eigenvalue weighted by molar-refractivity contribution is -0.0876. The summed E-state index contributed by atoms with van der Waals surface area (Å²) in [6, 6.07) is 0. The van der Waals surface area contributed by atoms with Crippen LogP contribution in [0.4, 0.5) is 0 Å². The van der Waals surface area contributed by atoms with Crippen LogP contribution in [0.3, 0.4) is 0 Å². The Morgan fingerprint density at radius 2 is 1.74 bits per heavy atom. The summed E-state index contributed by atoms with van der Waals surface area (Å²) in [6.45, 7) is 3.37. The van der Waals surface area contributed by atoms with E-state index in [9.17, 15) is 5.11 Å². The first kappa shape index (κ1) is 17.7. The Bertz CT molecular complexity index is 409. The molecule has 0 aromatic rings. The average Bonchev–Trinajstić information content (AvgIpc) is 2.83. The van der Waals surface area contributed by atoms with Crippen LogP contribution in [0.25, 0.3) is 0 Å². The molecule has 0 saturated heterocycles. The minimum Gasteiger partial charge on any atom is -0.393 e. The van der Waals surface area contributed by atoms with Gasteiger partial charge in [-0.05, 0) is 98.7 Å². The molecule has 0 bridgehead atoms. The van der Waals surface area contributed by atoms with Gasteiger partial charge in [-0.1, -0.05) is 14.4 Å². The molecule has 4 saturated carbocycles. The number of methoxy groups -OCH3 is 1. The Morgan fingerprint density at radius 1 is 0.957 bits per heavy atom. The highest BCUT2D eigenvalue weighted by Gasteiger charge is 2.56. The lowest BCUT2D eigenvalue weighted by Crippen LogP contribution is -2.49. The van der Waals surface area contributed by atoms with Gasteiger partial charge in [0.15, 0.2) is 0 Å². The summed E-state index contributed by atoms with van der Waals surface area (Å²) in [5.41, 5.74) is 0.251. The van der Waals surface area contributed by atoms with Gasteiger partial charge in [-0.2, -0.15) is 0 Å². The van der Waals surface area contributed by atoms with Crippen molar-refractivity contribution >= 4 is 0 Å². The van der Waals surface area contributed by atoms with Crippen molar-refractivity contribution in [2.75, 3.05) is 13.7 Å². The van der Waals surface area contributed by atoms with Gasteiger partial charge in [0, 0.05) is 13.7 Å². The van der Waals surface area contributed by atoms with Gasteiger partial charge in [0.2, 0.25) is 0 Å². The highest BCUT2D eigenvalue weighted by atomic mass is 16.5. The molecule has 2 nitrogen and oxygen atoms in total. The summed E-state index contributed by atoms with van der Waals surface area (Å²) in [6.07, 6.45) is 12.2. The number of hydrogen-bond donors (Lipinski definition) is 1. The van der Waals surface area contributed by atoms with E-state index in [1.54, 1.807) is 0 Å². The molecule has 0 aromatic heterocycles. The Hall–Kier alpha value is -0.0800. The molecule has 4 aliphatic rings. The zero-order chi connectivity index (χ0) is 15.3. The van der Waals surface area contributed by atoms with E-state index >= 15 is 0 Å². The van der Waals surface area contributed by atoms with Crippen LogP contribution in [0.1, 0.15) is 72.1 Å². The van der Waals surface area contributed by atoms with Gasteiger partial charge in [-0.25, -0.2) is 0 Å². The van der Waals surface area contributed by atoms with Crippen LogP contribution in [0.15, 0.2) is 0 Å². The first-order valence-corrected chi connectivity index (χ1v) is 9.80. The average molecular weight is 323 g/mol. The lowest BCUT2D eigenvalue weighted by atomic mass is 9.50. The van der Waals surface area contributed by atoms with Gasteiger partial charge in [-0.3, -0.25) is 0 Å². The molecule has 0 amide bonds. The van der Waals surface area contributed by atoms with Crippen molar-refractivity contribution in [2.45, 2.75) is 78.2 Å². The van der Waals surface area contributed by atoms with Crippen molar-refractivity contribution in [3.8, 4) is 0 Å². The maximum Gasteiger partial charge on any atom is 0.0596 e. The molecule has 0 heterocycles. The fraction of sp³-hybridized carbons (Fsp3) is 1.00. The summed E-state index contributed by atoms with van der Waals surface area (Å²) >= 11 is 0. The summed E-state index contributed by atoms with van der Waals surface area (Å²) in [5, 5.41) is 10.5. The quantitative estimate of drug-likeness (QED) is 0.783. The molecule has 8 atom stereocenters. The molecule has 1 N–H and O–H groups in total. The summed E-state index contributed by atoms with van der Waals surface area (Å²) < 4.78 is 5.42. The second-order valence-electron chi connectivity index (χ2n) is 9.21. The van der Waals surface area contributed by atoms with Gasteiger partial charge in [0.25, 0.3) is 0 Å². The molecular weight excluding hydrogens is 284 g/mol. The molecule has 4 fully saturated rings. The fourth-order valence-electron chi connectivity index (χ4n) is 7.31. The zero-order valence-corrected chi connectivity index (χ0v) is 14.5. The predicted molar refractivity (Wildman–Crippen MR) is 95.2 cm³/mol. The molecule has 0 aliphatic heterocycles. The molecule has 0 radical (unpaired) electrons. The van der Waals surface area contributed by atoms with Crippen molar-refractivity contribution in [2.24, 2.45) is 40.9 Å². The van der Waals surface area contributed by atoms with Crippen LogP contribution in [-0.4, -0.2) is 24.9 Å². The smallest absolute Gasteiger partial charge is 0.0596 e. The number of ether oxygens (including phenoxy) is 1. The Balaban J connectivity index is 0.00000156. The maximum atomic E-state index is 10.5. The van der Waals surface area contributed by atoms with Crippen LogP contribution in [0.2, 0.25) is 0 Å². The Morgan fingerprint density at radius 3 is 2.52 bits per heavy atom. The minimum absolute atomic E-state index is 0. The predicted octanol–water partition coefficient (Wildman–Crippen LogP) is 4.90. The van der Waals surface area contributed by atoms with Crippen molar-refractivity contribution in [3.05, 3.63) is 0 Å². The van der Waals surface area contributed by atoms with Crippen LogP contribution in [-0.2, 0) is 4.74 Å². The largest absolute Gasteiger partial charge is 0.393 e.